The van der Waals surface area contributed by atoms with Crippen molar-refractivity contribution in [2.24, 2.45) is 0 Å². The molecule has 0 unspecified atom stereocenters. The van der Waals surface area contributed by atoms with Gasteiger partial charge >= 0.3 is 0 Å². The number of fused-ring (bicyclic) bond motifs is 2. The molecule has 1 saturated heterocycles. The molecule has 2 heterocycles. The van der Waals surface area contributed by atoms with E-state index in [2.05, 4.69) is 5.32 Å². The van der Waals surface area contributed by atoms with Crippen molar-refractivity contribution in [2.75, 3.05) is 20.2 Å². The van der Waals surface area contributed by atoms with Crippen LogP contribution in [0.15, 0.2) is 18.2 Å². The van der Waals surface area contributed by atoms with Crippen LogP contribution in [0.25, 0.3) is 0 Å². The molecule has 4 nitrogen and oxygen atoms in total. The lowest BCUT2D eigenvalue weighted by molar-refractivity contribution is 0.0523. The van der Waals surface area contributed by atoms with Crippen LogP contribution in [0.4, 0.5) is 0 Å². The fourth-order valence-electron chi connectivity index (χ4n) is 2.05. The fourth-order valence-corrected chi connectivity index (χ4v) is 2.05. The van der Waals surface area contributed by atoms with E-state index in [9.17, 15) is 0 Å². The van der Waals surface area contributed by atoms with Gasteiger partial charge < -0.3 is 19.5 Å². The number of halogens is 1. The van der Waals surface area contributed by atoms with Crippen molar-refractivity contribution < 1.29 is 14.2 Å². The Morgan fingerprint density at radius 1 is 1.25 bits per heavy atom. The van der Waals surface area contributed by atoms with Gasteiger partial charge in [0.25, 0.3) is 0 Å². The Labute approximate surface area is 100 Å². The predicted molar refractivity (Wildman–Crippen MR) is 61.9 cm³/mol. The number of methoxy groups -OCH3 is 1. The summed E-state index contributed by atoms with van der Waals surface area (Å²) in [5.74, 6) is 2.24. The molecular weight excluding hydrogens is 230 g/mol. The van der Waals surface area contributed by atoms with Gasteiger partial charge in [-0.2, -0.15) is 0 Å². The van der Waals surface area contributed by atoms with Crippen LogP contribution in [0.2, 0.25) is 0 Å². The summed E-state index contributed by atoms with van der Waals surface area (Å²) in [5.41, 5.74) is 0. The highest BCUT2D eigenvalue weighted by Crippen LogP contribution is 2.41. The Kier molecular flexibility index (Phi) is 3.12. The molecule has 5 heteroatoms. The van der Waals surface area contributed by atoms with Crippen molar-refractivity contribution in [3.8, 4) is 17.2 Å². The van der Waals surface area contributed by atoms with Crippen molar-refractivity contribution in [3.05, 3.63) is 18.2 Å². The lowest BCUT2D eigenvalue weighted by Gasteiger charge is -2.29. The maximum atomic E-state index is 5.87. The minimum Gasteiger partial charge on any atom is -0.493 e. The Balaban J connectivity index is 0.000000963. The van der Waals surface area contributed by atoms with E-state index in [0.717, 1.165) is 30.3 Å². The summed E-state index contributed by atoms with van der Waals surface area (Å²) in [5, 5.41) is 3.25. The molecule has 2 atom stereocenters. The number of nitrogens with one attached hydrogen (secondary N) is 1. The maximum absolute atomic E-state index is 5.87. The van der Waals surface area contributed by atoms with Crippen molar-refractivity contribution in [1.82, 2.24) is 5.32 Å². The van der Waals surface area contributed by atoms with Crippen LogP contribution in [0.5, 0.6) is 17.2 Å². The molecule has 1 aromatic carbocycles. The molecule has 1 aromatic rings. The van der Waals surface area contributed by atoms with Crippen molar-refractivity contribution >= 4 is 12.4 Å². The number of hydrogen-bond acceptors (Lipinski definition) is 4. The third kappa shape index (κ3) is 1.68. The molecule has 0 bridgehead atoms. The predicted octanol–water partition coefficient (Wildman–Crippen LogP) is 1.23. The smallest absolute Gasteiger partial charge is 0.204 e. The van der Waals surface area contributed by atoms with Gasteiger partial charge in [-0.25, -0.2) is 0 Å². The van der Waals surface area contributed by atoms with Gasteiger partial charge in [0.05, 0.1) is 7.11 Å². The Morgan fingerprint density at radius 2 is 2.00 bits per heavy atom. The SMILES string of the molecule is COc1cccc2c1O[C@H]1CNC[C@@H]1O2.Cl. The van der Waals surface area contributed by atoms with Gasteiger partial charge in [0.2, 0.25) is 5.75 Å². The van der Waals surface area contributed by atoms with Crippen LogP contribution in [-0.2, 0) is 0 Å². The van der Waals surface area contributed by atoms with Crippen LogP contribution in [0, 0.1) is 0 Å². The second kappa shape index (κ2) is 4.39. The van der Waals surface area contributed by atoms with Crippen molar-refractivity contribution in [3.63, 3.8) is 0 Å². The van der Waals surface area contributed by atoms with E-state index in [1.165, 1.54) is 0 Å². The molecule has 1 N–H and O–H groups in total. The first-order valence-electron chi connectivity index (χ1n) is 5.09. The monoisotopic (exact) mass is 243 g/mol. The first-order valence-corrected chi connectivity index (χ1v) is 5.09. The number of hydrogen-bond donors (Lipinski definition) is 1. The largest absolute Gasteiger partial charge is 0.493 e. The Hall–Kier alpha value is -1.13. The van der Waals surface area contributed by atoms with E-state index >= 15 is 0 Å². The molecule has 3 rings (SSSR count). The van der Waals surface area contributed by atoms with Gasteiger partial charge in [0, 0.05) is 13.1 Å². The molecule has 88 valence electrons. The topological polar surface area (TPSA) is 39.7 Å². The standard InChI is InChI=1S/C11H13NO3.ClH/c1-13-7-3-2-4-8-11(7)15-10-6-12-5-9(10)14-8;/h2-4,9-10,12H,5-6H2,1H3;1H/t9-,10-;/m0./s1. The molecule has 2 aliphatic heterocycles. The van der Waals surface area contributed by atoms with Crippen LogP contribution in [0.1, 0.15) is 0 Å². The second-order valence-electron chi connectivity index (χ2n) is 3.76. The van der Waals surface area contributed by atoms with E-state index in [0.29, 0.717) is 0 Å². The van der Waals surface area contributed by atoms with Gasteiger partial charge in [-0.1, -0.05) is 6.07 Å². The summed E-state index contributed by atoms with van der Waals surface area (Å²) in [6.45, 7) is 1.68. The van der Waals surface area contributed by atoms with Gasteiger partial charge in [-0.15, -0.1) is 12.4 Å². The molecule has 2 aliphatic rings. The number of rotatable bonds is 1. The van der Waals surface area contributed by atoms with Gasteiger partial charge in [-0.05, 0) is 12.1 Å². The summed E-state index contributed by atoms with van der Waals surface area (Å²) >= 11 is 0. The van der Waals surface area contributed by atoms with Gasteiger partial charge in [0.1, 0.15) is 12.2 Å². The first-order chi connectivity index (χ1) is 7.38. The zero-order valence-electron chi connectivity index (χ0n) is 8.93. The summed E-state index contributed by atoms with van der Waals surface area (Å²) in [6, 6.07) is 5.70. The molecule has 0 spiro atoms. The van der Waals surface area contributed by atoms with E-state index < -0.39 is 0 Å². The third-order valence-electron chi connectivity index (χ3n) is 2.82. The summed E-state index contributed by atoms with van der Waals surface area (Å²) in [6.07, 6.45) is 0.235. The highest BCUT2D eigenvalue weighted by Gasteiger charge is 2.36. The average Bonchev–Trinajstić information content (AvgIpc) is 2.72. The van der Waals surface area contributed by atoms with Gasteiger partial charge in [0.15, 0.2) is 11.5 Å². The Bertz CT molecular complexity index is 385. The van der Waals surface area contributed by atoms with Crippen molar-refractivity contribution in [2.45, 2.75) is 12.2 Å². The van der Waals surface area contributed by atoms with Gasteiger partial charge in [-0.3, -0.25) is 0 Å². The minimum absolute atomic E-state index is 0. The van der Waals surface area contributed by atoms with Crippen LogP contribution >= 0.6 is 12.4 Å². The zero-order valence-corrected chi connectivity index (χ0v) is 9.75. The molecule has 0 saturated carbocycles. The number of benzene rings is 1. The van der Waals surface area contributed by atoms with E-state index in [4.69, 9.17) is 14.2 Å². The number of para-hydroxylation sites is 1. The summed E-state index contributed by atoms with van der Waals surface area (Å²) < 4.78 is 16.9. The second-order valence-corrected chi connectivity index (χ2v) is 3.76. The minimum atomic E-state index is 0. The highest BCUT2D eigenvalue weighted by atomic mass is 35.5. The zero-order chi connectivity index (χ0) is 10.3. The molecule has 0 aliphatic carbocycles. The molecule has 0 amide bonds. The van der Waals surface area contributed by atoms with Crippen molar-refractivity contribution in [1.29, 1.82) is 0 Å². The lowest BCUT2D eigenvalue weighted by atomic mass is 10.2. The molecule has 0 aromatic heterocycles. The fraction of sp³-hybridized carbons (Fsp3) is 0.455. The first kappa shape index (κ1) is 11.4. The normalized spacial score (nSPS) is 25.6. The Morgan fingerprint density at radius 3 is 2.75 bits per heavy atom. The van der Waals surface area contributed by atoms with E-state index in [1.807, 2.05) is 18.2 Å². The van der Waals surface area contributed by atoms with E-state index in [-0.39, 0.29) is 24.6 Å². The van der Waals surface area contributed by atoms with Crippen LogP contribution in [0.3, 0.4) is 0 Å². The van der Waals surface area contributed by atoms with E-state index in [1.54, 1.807) is 7.11 Å². The molecule has 16 heavy (non-hydrogen) atoms. The highest BCUT2D eigenvalue weighted by molar-refractivity contribution is 5.85. The molecular formula is C11H14ClNO3. The van der Waals surface area contributed by atoms with Crippen LogP contribution in [-0.4, -0.2) is 32.4 Å². The molecule has 1 fully saturated rings. The average molecular weight is 244 g/mol. The summed E-state index contributed by atoms with van der Waals surface area (Å²) in [7, 11) is 1.64. The quantitative estimate of drug-likeness (QED) is 0.806. The maximum Gasteiger partial charge on any atom is 0.204 e. The summed E-state index contributed by atoms with van der Waals surface area (Å²) in [4.78, 5) is 0. The van der Waals surface area contributed by atoms with Crippen LogP contribution < -0.4 is 19.5 Å². The number of ether oxygens (including phenoxy) is 3. The molecule has 0 radical (unpaired) electrons. The third-order valence-corrected chi connectivity index (χ3v) is 2.82. The lowest BCUT2D eigenvalue weighted by Crippen LogP contribution is -2.38.